The van der Waals surface area contributed by atoms with Crippen molar-refractivity contribution >= 4 is 41.0 Å². The number of carbonyl (C=O) groups is 4. The third-order valence-electron chi connectivity index (χ3n) is 4.81. The molecule has 1 saturated carbocycles. The van der Waals surface area contributed by atoms with Crippen molar-refractivity contribution in [3.8, 4) is 0 Å². The van der Waals surface area contributed by atoms with Crippen LogP contribution in [0.5, 0.6) is 0 Å². The first kappa shape index (κ1) is 19.3. The van der Waals surface area contributed by atoms with Crippen LogP contribution in [0, 0.1) is 0 Å². The van der Waals surface area contributed by atoms with Crippen molar-refractivity contribution < 1.29 is 24.1 Å². The number of para-hydroxylation sites is 1. The van der Waals surface area contributed by atoms with Gasteiger partial charge in [-0.2, -0.15) is 0 Å². The highest BCUT2D eigenvalue weighted by Crippen LogP contribution is 2.27. The minimum Gasteiger partial charge on any atom is -0.320 e. The summed E-state index contributed by atoms with van der Waals surface area (Å²) in [6, 6.07) is 6.08. The Labute approximate surface area is 162 Å². The molecule has 2 aliphatic rings. The van der Waals surface area contributed by atoms with E-state index in [-0.39, 0.29) is 25.2 Å². The number of urea groups is 1. The number of nitrogens with one attached hydrogen (secondary N) is 2. The molecule has 9 heteroatoms. The van der Waals surface area contributed by atoms with Crippen LogP contribution in [-0.4, -0.2) is 59.9 Å². The normalized spacial score (nSPS) is 19.1. The van der Waals surface area contributed by atoms with E-state index in [9.17, 15) is 19.2 Å². The van der Waals surface area contributed by atoms with Gasteiger partial charge in [0.15, 0.2) is 13.2 Å². The number of carbonyl (C=O) groups excluding carboxylic acids is 4. The van der Waals surface area contributed by atoms with Crippen LogP contribution in [0.25, 0.3) is 0 Å². The molecule has 2 fully saturated rings. The van der Waals surface area contributed by atoms with Crippen molar-refractivity contribution in [2.75, 3.05) is 25.6 Å². The van der Waals surface area contributed by atoms with Crippen molar-refractivity contribution in [3.05, 3.63) is 29.3 Å². The van der Waals surface area contributed by atoms with Gasteiger partial charge in [-0.1, -0.05) is 36.6 Å². The molecule has 1 aliphatic carbocycles. The van der Waals surface area contributed by atoms with Gasteiger partial charge in [-0.3, -0.25) is 19.3 Å². The first-order chi connectivity index (χ1) is 12.9. The number of amides is 5. The number of imide groups is 2. The number of likely N-dealkylation sites (N-methyl/N-ethyl adjacent to an activating group) is 1. The summed E-state index contributed by atoms with van der Waals surface area (Å²) in [4.78, 5) is 51.8. The molecule has 2 N–H and O–H groups in total. The fraction of sp³-hybridized carbons (Fsp3) is 0.444. The zero-order valence-electron chi connectivity index (χ0n) is 15.0. The second-order valence-corrected chi connectivity index (χ2v) is 7.36. The van der Waals surface area contributed by atoms with Crippen LogP contribution in [0.15, 0.2) is 24.3 Å². The molecular formula is C18H22ClN4O4+. The van der Waals surface area contributed by atoms with E-state index in [1.807, 2.05) is 0 Å². The van der Waals surface area contributed by atoms with Gasteiger partial charge < -0.3 is 10.2 Å². The monoisotopic (exact) mass is 393 g/mol. The van der Waals surface area contributed by atoms with Crippen molar-refractivity contribution in [1.29, 1.82) is 0 Å². The topological polar surface area (TPSA) is 91.2 Å². The number of rotatable bonds is 6. The average molecular weight is 394 g/mol. The van der Waals surface area contributed by atoms with Crippen molar-refractivity contribution in [2.24, 2.45) is 0 Å². The quantitative estimate of drug-likeness (QED) is 0.543. The molecule has 1 heterocycles. The smallest absolute Gasteiger partial charge is 0.320 e. The molecule has 1 aliphatic heterocycles. The maximum absolute atomic E-state index is 12.5. The van der Waals surface area contributed by atoms with Crippen LogP contribution in [0.4, 0.5) is 10.5 Å². The molecule has 0 aromatic heterocycles. The zero-order chi connectivity index (χ0) is 19.6. The second-order valence-electron chi connectivity index (χ2n) is 6.95. The molecule has 1 saturated heterocycles. The summed E-state index contributed by atoms with van der Waals surface area (Å²) >= 11 is 6.01. The van der Waals surface area contributed by atoms with E-state index in [1.165, 1.54) is 0 Å². The van der Waals surface area contributed by atoms with E-state index in [1.54, 1.807) is 31.3 Å². The summed E-state index contributed by atoms with van der Waals surface area (Å²) in [6.45, 7) is -0.0392. The van der Waals surface area contributed by atoms with Crippen LogP contribution < -0.4 is 10.2 Å². The number of halogens is 1. The number of quaternary nitrogens is 1. The Kier molecular flexibility index (Phi) is 5.76. The molecule has 3 rings (SSSR count). The van der Waals surface area contributed by atoms with Gasteiger partial charge in [0.25, 0.3) is 5.91 Å². The Morgan fingerprint density at radius 3 is 2.52 bits per heavy atom. The molecule has 0 spiro atoms. The van der Waals surface area contributed by atoms with Gasteiger partial charge in [-0.25, -0.2) is 9.69 Å². The lowest BCUT2D eigenvalue weighted by Gasteiger charge is -2.22. The molecule has 5 amide bonds. The first-order valence-corrected chi connectivity index (χ1v) is 9.31. The van der Waals surface area contributed by atoms with Gasteiger partial charge in [0.2, 0.25) is 0 Å². The van der Waals surface area contributed by atoms with Gasteiger partial charge in [-0.15, -0.1) is 0 Å². The van der Waals surface area contributed by atoms with Crippen LogP contribution >= 0.6 is 11.6 Å². The van der Waals surface area contributed by atoms with Crippen molar-refractivity contribution in [3.63, 3.8) is 0 Å². The summed E-state index contributed by atoms with van der Waals surface area (Å²) in [7, 11) is 1.68. The van der Waals surface area contributed by atoms with Gasteiger partial charge >= 0.3 is 17.8 Å². The number of nitrogens with zero attached hydrogens (tertiary/aromatic N) is 2. The Bertz CT molecular complexity index is 778. The fourth-order valence-electron chi connectivity index (χ4n) is 3.50. The minimum absolute atomic E-state index is 0.0138. The zero-order valence-corrected chi connectivity index (χ0v) is 15.8. The van der Waals surface area contributed by atoms with E-state index in [0.717, 1.165) is 35.5 Å². The highest BCUT2D eigenvalue weighted by molar-refractivity contribution is 6.44. The average Bonchev–Trinajstić information content (AvgIpc) is 3.20. The van der Waals surface area contributed by atoms with Gasteiger partial charge in [0.1, 0.15) is 0 Å². The Hall–Kier alpha value is -2.45. The summed E-state index contributed by atoms with van der Waals surface area (Å²) in [5.74, 6) is -1.89. The molecule has 1 aromatic carbocycles. The molecular weight excluding hydrogens is 372 g/mol. The highest BCUT2D eigenvalue weighted by Gasteiger charge is 2.49. The van der Waals surface area contributed by atoms with Gasteiger partial charge in [0.05, 0.1) is 17.8 Å². The molecule has 1 aromatic rings. The predicted octanol–water partition coefficient (Wildman–Crippen LogP) is 0.484. The van der Waals surface area contributed by atoms with E-state index in [4.69, 9.17) is 11.6 Å². The summed E-state index contributed by atoms with van der Waals surface area (Å²) in [5, 5.41) is 3.12. The van der Waals surface area contributed by atoms with Crippen LogP contribution in [0.3, 0.4) is 0 Å². The lowest BCUT2D eigenvalue weighted by atomic mass is 10.2. The molecule has 144 valence electrons. The summed E-state index contributed by atoms with van der Waals surface area (Å²) in [5.41, 5.74) is 0.493. The van der Waals surface area contributed by atoms with Crippen LogP contribution in [-0.2, 0) is 14.4 Å². The lowest BCUT2D eigenvalue weighted by molar-refractivity contribution is -0.878. The number of hydrogen-bond acceptors (Lipinski definition) is 4. The number of benzene rings is 1. The predicted molar refractivity (Wildman–Crippen MR) is 98.0 cm³/mol. The molecule has 0 bridgehead atoms. The van der Waals surface area contributed by atoms with E-state index >= 15 is 0 Å². The lowest BCUT2D eigenvalue weighted by Crippen LogP contribution is -3.11. The largest absolute Gasteiger partial charge is 0.338 e. The number of hydrogen-bond donors (Lipinski definition) is 2. The van der Waals surface area contributed by atoms with Crippen molar-refractivity contribution in [1.82, 2.24) is 9.80 Å². The van der Waals surface area contributed by atoms with Gasteiger partial charge in [-0.05, 0) is 25.0 Å². The Morgan fingerprint density at radius 2 is 1.85 bits per heavy atom. The Balaban J connectivity index is 1.58. The maximum atomic E-state index is 12.5. The SMILES string of the molecule is C[NH+](CC(=O)Nc1ccccc1Cl)CN1C(=O)C(=O)N(C2CCCC2)C1=O. The maximum Gasteiger partial charge on any atom is 0.338 e. The van der Waals surface area contributed by atoms with Gasteiger partial charge in [0, 0.05) is 6.04 Å². The molecule has 8 nitrogen and oxygen atoms in total. The standard InChI is InChI=1S/C18H21ClN4O4/c1-21(10-15(24)20-14-9-5-4-8-13(14)19)11-22-16(25)17(26)23(18(22)27)12-6-2-3-7-12/h4-5,8-9,12H,2-3,6-7,10-11H2,1H3,(H,20,24)/p+1. The number of anilines is 1. The Morgan fingerprint density at radius 1 is 1.19 bits per heavy atom. The van der Waals surface area contributed by atoms with Crippen LogP contribution in [0.1, 0.15) is 25.7 Å². The van der Waals surface area contributed by atoms with Crippen molar-refractivity contribution in [2.45, 2.75) is 31.7 Å². The third-order valence-corrected chi connectivity index (χ3v) is 5.14. The fourth-order valence-corrected chi connectivity index (χ4v) is 3.69. The highest BCUT2D eigenvalue weighted by atomic mass is 35.5. The molecule has 27 heavy (non-hydrogen) atoms. The minimum atomic E-state index is -0.822. The third kappa shape index (κ3) is 4.12. The van der Waals surface area contributed by atoms with E-state index in [2.05, 4.69) is 5.32 Å². The van der Waals surface area contributed by atoms with Crippen LogP contribution in [0.2, 0.25) is 5.02 Å². The molecule has 1 unspecified atom stereocenters. The van der Waals surface area contributed by atoms with E-state index < -0.39 is 17.8 Å². The van der Waals surface area contributed by atoms with E-state index in [0.29, 0.717) is 15.6 Å². The summed E-state index contributed by atoms with van der Waals surface area (Å²) < 4.78 is 0. The molecule has 1 atom stereocenters. The second kappa shape index (κ2) is 8.06. The molecule has 0 radical (unpaired) electrons. The summed E-state index contributed by atoms with van der Waals surface area (Å²) in [6.07, 6.45) is 3.37. The first-order valence-electron chi connectivity index (χ1n) is 8.93.